The smallest absolute Gasteiger partial charge is 0.0698 e. The lowest BCUT2D eigenvalue weighted by molar-refractivity contribution is 0.0928. The molecule has 0 spiro atoms. The first-order chi connectivity index (χ1) is 9.79. The number of hydrogen-bond donors (Lipinski definition) is 3. The quantitative estimate of drug-likeness (QED) is 0.632. The Labute approximate surface area is 121 Å². The van der Waals surface area contributed by atoms with E-state index in [0.29, 0.717) is 19.3 Å². The van der Waals surface area contributed by atoms with Gasteiger partial charge in [0, 0.05) is 24.8 Å². The maximum Gasteiger partial charge on any atom is 0.0698 e. The van der Waals surface area contributed by atoms with Crippen molar-refractivity contribution in [3.8, 4) is 0 Å². The largest absolute Gasteiger partial charge is 0.394 e. The van der Waals surface area contributed by atoms with Crippen LogP contribution in [0.5, 0.6) is 0 Å². The predicted molar refractivity (Wildman–Crippen MR) is 82.3 cm³/mol. The van der Waals surface area contributed by atoms with Crippen LogP contribution in [0.25, 0.3) is 0 Å². The van der Waals surface area contributed by atoms with Gasteiger partial charge in [-0.25, -0.2) is 0 Å². The molecule has 0 amide bonds. The topological polar surface area (TPSA) is 53.5 Å². The fourth-order valence-corrected chi connectivity index (χ4v) is 2.63. The minimum absolute atomic E-state index is 0.0959. The molecule has 1 heterocycles. The van der Waals surface area contributed by atoms with Gasteiger partial charge in [0.1, 0.15) is 0 Å². The van der Waals surface area contributed by atoms with Crippen LogP contribution in [-0.4, -0.2) is 44.1 Å². The Hall–Kier alpha value is -1.10. The third kappa shape index (κ3) is 4.78. The highest BCUT2D eigenvalue weighted by Gasteiger charge is 2.10. The van der Waals surface area contributed by atoms with Crippen LogP contribution in [0.3, 0.4) is 0 Å². The number of rotatable bonds is 8. The van der Waals surface area contributed by atoms with Crippen LogP contribution >= 0.6 is 0 Å². The van der Waals surface area contributed by atoms with E-state index in [1.165, 1.54) is 29.7 Å². The molecule has 4 nitrogen and oxygen atoms in total. The van der Waals surface area contributed by atoms with E-state index in [1.807, 2.05) is 0 Å². The maximum atomic E-state index is 8.62. The summed E-state index contributed by atoms with van der Waals surface area (Å²) in [6.45, 7) is 5.29. The normalized spacial score (nSPS) is 15.5. The van der Waals surface area contributed by atoms with Crippen LogP contribution in [-0.2, 0) is 17.6 Å². The van der Waals surface area contributed by atoms with Crippen molar-refractivity contribution >= 4 is 5.69 Å². The zero-order valence-electron chi connectivity index (χ0n) is 12.3. The molecule has 0 bridgehead atoms. The summed E-state index contributed by atoms with van der Waals surface area (Å²) in [7, 11) is 0. The molecule has 1 aliphatic heterocycles. The van der Waals surface area contributed by atoms with Gasteiger partial charge in [0.05, 0.1) is 19.8 Å². The third-order valence-electron chi connectivity index (χ3n) is 3.62. The lowest BCUT2D eigenvalue weighted by Crippen LogP contribution is -2.31. The SMILES string of the molecule is CC(Cc1ccc2c(c1)CCCN2)NCCOCCO. The molecule has 2 rings (SSSR count). The van der Waals surface area contributed by atoms with Crippen LogP contribution in [0.4, 0.5) is 5.69 Å². The van der Waals surface area contributed by atoms with Crippen molar-refractivity contribution in [2.75, 3.05) is 38.2 Å². The summed E-state index contributed by atoms with van der Waals surface area (Å²) in [5.41, 5.74) is 4.15. The minimum Gasteiger partial charge on any atom is -0.394 e. The first kappa shape index (κ1) is 15.3. The molecule has 3 N–H and O–H groups in total. The van der Waals surface area contributed by atoms with Crippen LogP contribution in [0.2, 0.25) is 0 Å². The fraction of sp³-hybridized carbons (Fsp3) is 0.625. The Morgan fingerprint density at radius 3 is 3.15 bits per heavy atom. The first-order valence-electron chi connectivity index (χ1n) is 7.57. The Morgan fingerprint density at radius 1 is 1.40 bits per heavy atom. The van der Waals surface area contributed by atoms with Crippen molar-refractivity contribution in [2.24, 2.45) is 0 Å². The lowest BCUT2D eigenvalue weighted by atomic mass is 9.98. The van der Waals surface area contributed by atoms with Gasteiger partial charge in [-0.1, -0.05) is 12.1 Å². The number of nitrogens with one attached hydrogen (secondary N) is 2. The molecule has 0 fully saturated rings. The molecule has 0 aromatic heterocycles. The molecule has 0 saturated carbocycles. The number of ether oxygens (including phenoxy) is 1. The van der Waals surface area contributed by atoms with Crippen molar-refractivity contribution in [2.45, 2.75) is 32.2 Å². The van der Waals surface area contributed by atoms with Gasteiger partial charge in [0.25, 0.3) is 0 Å². The monoisotopic (exact) mass is 278 g/mol. The van der Waals surface area contributed by atoms with Crippen LogP contribution < -0.4 is 10.6 Å². The van der Waals surface area contributed by atoms with E-state index in [0.717, 1.165) is 19.5 Å². The average molecular weight is 278 g/mol. The molecule has 0 radical (unpaired) electrons. The Kier molecular flexibility index (Phi) is 6.30. The summed E-state index contributed by atoms with van der Waals surface area (Å²) in [5, 5.41) is 15.5. The van der Waals surface area contributed by atoms with Gasteiger partial charge in [-0.3, -0.25) is 0 Å². The van der Waals surface area contributed by atoms with Crippen LogP contribution in [0, 0.1) is 0 Å². The number of fused-ring (bicyclic) bond motifs is 1. The van der Waals surface area contributed by atoms with E-state index in [-0.39, 0.29) is 6.61 Å². The summed E-state index contributed by atoms with van der Waals surface area (Å²) < 4.78 is 5.24. The molecule has 1 aromatic carbocycles. The third-order valence-corrected chi connectivity index (χ3v) is 3.62. The van der Waals surface area contributed by atoms with Crippen molar-refractivity contribution < 1.29 is 9.84 Å². The Bertz CT molecular complexity index is 409. The Balaban J connectivity index is 1.75. The number of aliphatic hydroxyl groups excluding tert-OH is 1. The highest BCUT2D eigenvalue weighted by Crippen LogP contribution is 2.23. The fourth-order valence-electron chi connectivity index (χ4n) is 2.63. The summed E-state index contributed by atoms with van der Waals surface area (Å²) >= 11 is 0. The van der Waals surface area contributed by atoms with E-state index < -0.39 is 0 Å². The number of anilines is 1. The van der Waals surface area contributed by atoms with Gasteiger partial charge in [-0.15, -0.1) is 0 Å². The average Bonchev–Trinajstić information content (AvgIpc) is 2.47. The van der Waals surface area contributed by atoms with Crippen LogP contribution in [0.1, 0.15) is 24.5 Å². The van der Waals surface area contributed by atoms with Crippen LogP contribution in [0.15, 0.2) is 18.2 Å². The molecule has 4 heteroatoms. The number of aliphatic hydroxyl groups is 1. The van der Waals surface area contributed by atoms with E-state index in [2.05, 4.69) is 35.8 Å². The maximum absolute atomic E-state index is 8.62. The Morgan fingerprint density at radius 2 is 2.30 bits per heavy atom. The second-order valence-electron chi connectivity index (χ2n) is 5.42. The molecular formula is C16H26N2O2. The molecule has 0 aliphatic carbocycles. The summed E-state index contributed by atoms with van der Waals surface area (Å²) in [5.74, 6) is 0. The lowest BCUT2D eigenvalue weighted by Gasteiger charge is -2.20. The molecule has 1 atom stereocenters. The van der Waals surface area contributed by atoms with E-state index in [1.54, 1.807) is 0 Å². The van der Waals surface area contributed by atoms with Crippen molar-refractivity contribution in [1.82, 2.24) is 5.32 Å². The molecule has 1 unspecified atom stereocenters. The van der Waals surface area contributed by atoms with Crippen molar-refractivity contribution in [3.05, 3.63) is 29.3 Å². The van der Waals surface area contributed by atoms with Gasteiger partial charge in [-0.2, -0.15) is 0 Å². The molecule has 0 saturated heterocycles. The van der Waals surface area contributed by atoms with Crippen molar-refractivity contribution in [1.29, 1.82) is 0 Å². The van der Waals surface area contributed by atoms with Gasteiger partial charge in [-0.05, 0) is 43.4 Å². The highest BCUT2D eigenvalue weighted by molar-refractivity contribution is 5.54. The van der Waals surface area contributed by atoms with Gasteiger partial charge in [0.15, 0.2) is 0 Å². The molecule has 112 valence electrons. The molecule has 1 aliphatic rings. The van der Waals surface area contributed by atoms with E-state index in [9.17, 15) is 0 Å². The van der Waals surface area contributed by atoms with Gasteiger partial charge < -0.3 is 20.5 Å². The standard InChI is InChI=1S/C16H26N2O2/c1-13(17-7-9-20-10-8-19)11-14-4-5-16-15(12-14)3-2-6-18-16/h4-5,12-13,17-19H,2-3,6-11H2,1H3. The second kappa shape index (κ2) is 8.25. The van der Waals surface area contributed by atoms with E-state index >= 15 is 0 Å². The minimum atomic E-state index is 0.0959. The van der Waals surface area contributed by atoms with E-state index in [4.69, 9.17) is 9.84 Å². The van der Waals surface area contributed by atoms with Gasteiger partial charge >= 0.3 is 0 Å². The number of hydrogen-bond acceptors (Lipinski definition) is 4. The molecular weight excluding hydrogens is 252 g/mol. The van der Waals surface area contributed by atoms with Gasteiger partial charge in [0.2, 0.25) is 0 Å². The summed E-state index contributed by atoms with van der Waals surface area (Å²) in [4.78, 5) is 0. The van der Waals surface area contributed by atoms with Crippen molar-refractivity contribution in [3.63, 3.8) is 0 Å². The summed E-state index contributed by atoms with van der Waals surface area (Å²) in [6, 6.07) is 7.20. The molecule has 1 aromatic rings. The zero-order chi connectivity index (χ0) is 14.2. The first-order valence-corrected chi connectivity index (χ1v) is 7.57. The molecule has 20 heavy (non-hydrogen) atoms. The summed E-state index contributed by atoms with van der Waals surface area (Å²) in [6.07, 6.45) is 3.45. The highest BCUT2D eigenvalue weighted by atomic mass is 16.5. The number of benzene rings is 1. The number of aryl methyl sites for hydroxylation is 1. The zero-order valence-corrected chi connectivity index (χ0v) is 12.3. The second-order valence-corrected chi connectivity index (χ2v) is 5.42. The predicted octanol–water partition coefficient (Wildman–Crippen LogP) is 1.57.